The van der Waals surface area contributed by atoms with Gasteiger partial charge in [-0.3, -0.25) is 0 Å². The maximum Gasteiger partial charge on any atom is 0.344 e. The lowest BCUT2D eigenvalue weighted by atomic mass is 9.61. The Bertz CT molecular complexity index is 637. The van der Waals surface area contributed by atoms with Gasteiger partial charge in [0, 0.05) is 0 Å². The number of hydrogen-bond donors (Lipinski definition) is 0. The van der Waals surface area contributed by atoms with Crippen LogP contribution >= 0.6 is 0 Å². The fourth-order valence-corrected chi connectivity index (χ4v) is 4.33. The van der Waals surface area contributed by atoms with Crippen molar-refractivity contribution < 1.29 is 19.1 Å². The molecule has 0 amide bonds. The molecule has 2 atom stereocenters. The van der Waals surface area contributed by atoms with Gasteiger partial charge in [0.1, 0.15) is 5.60 Å². The summed E-state index contributed by atoms with van der Waals surface area (Å²) in [6.07, 6.45) is 12.9. The molecule has 0 radical (unpaired) electrons. The van der Waals surface area contributed by atoms with Gasteiger partial charge in [-0.05, 0) is 55.8 Å². The van der Waals surface area contributed by atoms with Gasteiger partial charge in [0.05, 0.1) is 5.57 Å². The Hall–Kier alpha value is -1.58. The molecule has 0 aromatic heterocycles. The Morgan fingerprint density at radius 3 is 2.36 bits per heavy atom. The highest BCUT2D eigenvalue weighted by Gasteiger charge is 2.38. The molecule has 0 aliphatic heterocycles. The first-order chi connectivity index (χ1) is 13.0. The van der Waals surface area contributed by atoms with E-state index in [9.17, 15) is 9.59 Å². The fourth-order valence-electron chi connectivity index (χ4n) is 4.33. The lowest BCUT2D eigenvalue weighted by molar-refractivity contribution is -0.170. The van der Waals surface area contributed by atoms with Crippen molar-refractivity contribution in [3.8, 4) is 0 Å². The van der Waals surface area contributed by atoms with Crippen LogP contribution in [0.2, 0.25) is 0 Å². The maximum absolute atomic E-state index is 12.4. The molecule has 0 N–H and O–H groups in total. The molecule has 0 spiro atoms. The van der Waals surface area contributed by atoms with Crippen molar-refractivity contribution in [3.63, 3.8) is 0 Å². The second kappa shape index (κ2) is 8.84. The molecule has 1 fully saturated rings. The third-order valence-corrected chi connectivity index (χ3v) is 7.31. The van der Waals surface area contributed by atoms with Crippen LogP contribution in [0.15, 0.2) is 23.8 Å². The molecular formula is C24H38O4. The van der Waals surface area contributed by atoms with E-state index in [1.54, 1.807) is 0 Å². The zero-order valence-corrected chi connectivity index (χ0v) is 18.6. The topological polar surface area (TPSA) is 52.6 Å². The van der Waals surface area contributed by atoms with Gasteiger partial charge in [-0.2, -0.15) is 0 Å². The highest BCUT2D eigenvalue weighted by Crippen LogP contribution is 2.47. The van der Waals surface area contributed by atoms with Crippen molar-refractivity contribution in [3.05, 3.63) is 23.8 Å². The predicted molar refractivity (Wildman–Crippen MR) is 112 cm³/mol. The van der Waals surface area contributed by atoms with E-state index in [0.717, 1.165) is 38.5 Å². The quantitative estimate of drug-likeness (QED) is 0.519. The Morgan fingerprint density at radius 1 is 1.18 bits per heavy atom. The number of carbonyl (C=O) groups excluding carboxylic acids is 2. The zero-order valence-electron chi connectivity index (χ0n) is 18.6. The Labute approximate surface area is 170 Å². The van der Waals surface area contributed by atoms with Crippen molar-refractivity contribution in [1.29, 1.82) is 0 Å². The van der Waals surface area contributed by atoms with E-state index in [1.165, 1.54) is 6.42 Å². The first kappa shape index (κ1) is 22.7. The monoisotopic (exact) mass is 390 g/mol. The number of carbonyl (C=O) groups is 2. The van der Waals surface area contributed by atoms with Gasteiger partial charge >= 0.3 is 11.9 Å². The minimum Gasteiger partial charge on any atom is -0.457 e. The van der Waals surface area contributed by atoms with E-state index in [2.05, 4.69) is 40.7 Å². The molecule has 2 aliphatic rings. The first-order valence-electron chi connectivity index (χ1n) is 10.8. The van der Waals surface area contributed by atoms with Crippen molar-refractivity contribution in [2.45, 2.75) is 92.1 Å². The van der Waals surface area contributed by atoms with Crippen LogP contribution in [0, 0.1) is 16.7 Å². The van der Waals surface area contributed by atoms with Crippen molar-refractivity contribution in [2.75, 3.05) is 6.61 Å². The standard InChI is InChI=1S/C24H38O4/c1-7-22(3,4)18(2)23(5)15-11-19(12-16-23)21(26)27-17-20(25)28-24(6)13-9-8-10-14-24/h11-12,15,18H,7-10,13-14,16-17H2,1-6H3. The number of allylic oxidation sites excluding steroid dienone is 2. The third kappa shape index (κ3) is 5.48. The summed E-state index contributed by atoms with van der Waals surface area (Å²) < 4.78 is 10.8. The average molecular weight is 391 g/mol. The van der Waals surface area contributed by atoms with Crippen LogP contribution in [-0.2, 0) is 19.1 Å². The lowest BCUT2D eigenvalue weighted by Gasteiger charge is -2.43. The smallest absolute Gasteiger partial charge is 0.344 e. The molecule has 0 heterocycles. The molecule has 0 bridgehead atoms. The van der Waals surface area contributed by atoms with E-state index >= 15 is 0 Å². The second-order valence-corrected chi connectivity index (χ2v) is 9.83. The summed E-state index contributed by atoms with van der Waals surface area (Å²) in [6.45, 7) is 13.0. The van der Waals surface area contributed by atoms with Crippen LogP contribution < -0.4 is 0 Å². The minimum atomic E-state index is -0.457. The number of hydrogen-bond acceptors (Lipinski definition) is 4. The van der Waals surface area contributed by atoms with E-state index in [4.69, 9.17) is 9.47 Å². The molecule has 158 valence electrons. The molecule has 2 unspecified atom stereocenters. The molecule has 4 nitrogen and oxygen atoms in total. The molecule has 2 rings (SSSR count). The third-order valence-electron chi connectivity index (χ3n) is 7.31. The van der Waals surface area contributed by atoms with Crippen LogP contribution in [0.1, 0.15) is 86.5 Å². The SMILES string of the molecule is CCC(C)(C)C(C)C1(C)C=CC(C(=O)OCC(=O)OC2(C)CCCCC2)=CC1. The number of ether oxygens (including phenoxy) is 2. The summed E-state index contributed by atoms with van der Waals surface area (Å²) >= 11 is 0. The van der Waals surface area contributed by atoms with Crippen LogP contribution in [0.4, 0.5) is 0 Å². The van der Waals surface area contributed by atoms with Crippen molar-refractivity contribution >= 4 is 11.9 Å². The molecule has 0 aromatic carbocycles. The molecule has 4 heteroatoms. The zero-order chi connectivity index (χ0) is 21.0. The van der Waals surface area contributed by atoms with Gasteiger partial charge < -0.3 is 9.47 Å². The second-order valence-electron chi connectivity index (χ2n) is 9.83. The summed E-state index contributed by atoms with van der Waals surface area (Å²) in [7, 11) is 0. The summed E-state index contributed by atoms with van der Waals surface area (Å²) in [4.78, 5) is 24.5. The van der Waals surface area contributed by atoms with E-state index in [1.807, 2.05) is 19.1 Å². The highest BCUT2D eigenvalue weighted by molar-refractivity contribution is 5.93. The Morgan fingerprint density at radius 2 is 1.82 bits per heavy atom. The van der Waals surface area contributed by atoms with Gasteiger partial charge in [0.2, 0.25) is 0 Å². The van der Waals surface area contributed by atoms with E-state index in [-0.39, 0.29) is 17.4 Å². The predicted octanol–water partition coefficient (Wildman–Crippen LogP) is 5.76. The molecule has 0 aromatic rings. The lowest BCUT2D eigenvalue weighted by Crippen LogP contribution is -2.36. The van der Waals surface area contributed by atoms with Crippen LogP contribution in [0.5, 0.6) is 0 Å². The average Bonchev–Trinajstić information content (AvgIpc) is 2.66. The highest BCUT2D eigenvalue weighted by atomic mass is 16.6. The van der Waals surface area contributed by atoms with Crippen LogP contribution in [-0.4, -0.2) is 24.1 Å². The molecule has 1 saturated carbocycles. The van der Waals surface area contributed by atoms with Crippen molar-refractivity contribution in [2.24, 2.45) is 16.7 Å². The normalized spacial score (nSPS) is 25.6. The summed E-state index contributed by atoms with van der Waals surface area (Å²) in [5, 5.41) is 0. The first-order valence-corrected chi connectivity index (χ1v) is 10.8. The van der Waals surface area contributed by atoms with E-state index < -0.39 is 17.5 Å². The van der Waals surface area contributed by atoms with Crippen molar-refractivity contribution in [1.82, 2.24) is 0 Å². The van der Waals surface area contributed by atoms with E-state index in [0.29, 0.717) is 11.5 Å². The fraction of sp³-hybridized carbons (Fsp3) is 0.750. The van der Waals surface area contributed by atoms with Gasteiger partial charge in [0.25, 0.3) is 0 Å². The Balaban J connectivity index is 1.86. The van der Waals surface area contributed by atoms with Gasteiger partial charge in [0.15, 0.2) is 6.61 Å². The molecule has 2 aliphatic carbocycles. The minimum absolute atomic E-state index is 0.0117. The molecule has 0 saturated heterocycles. The molecule has 28 heavy (non-hydrogen) atoms. The molecular weight excluding hydrogens is 352 g/mol. The number of esters is 2. The van der Waals surface area contributed by atoms with Gasteiger partial charge in [-0.15, -0.1) is 0 Å². The van der Waals surface area contributed by atoms with Crippen LogP contribution in [0.3, 0.4) is 0 Å². The van der Waals surface area contributed by atoms with Gasteiger partial charge in [-0.25, -0.2) is 9.59 Å². The maximum atomic E-state index is 12.4. The van der Waals surface area contributed by atoms with Crippen LogP contribution in [0.25, 0.3) is 0 Å². The summed E-state index contributed by atoms with van der Waals surface area (Å²) in [5.41, 5.74) is 0.355. The summed E-state index contributed by atoms with van der Waals surface area (Å²) in [5.74, 6) is -0.436. The van der Waals surface area contributed by atoms with Gasteiger partial charge in [-0.1, -0.05) is 65.7 Å². The number of rotatable bonds is 7. The largest absolute Gasteiger partial charge is 0.457 e. The Kier molecular flexibility index (Phi) is 7.17. The summed E-state index contributed by atoms with van der Waals surface area (Å²) in [6, 6.07) is 0.